The summed E-state index contributed by atoms with van der Waals surface area (Å²) in [6.07, 6.45) is 5.05. The number of amides is 2. The Morgan fingerprint density at radius 1 is 1.00 bits per heavy atom. The molecule has 0 aliphatic carbocycles. The zero-order chi connectivity index (χ0) is 29.3. The van der Waals surface area contributed by atoms with Crippen molar-refractivity contribution in [2.45, 2.75) is 85.9 Å². The molecule has 1 aromatic carbocycles. The summed E-state index contributed by atoms with van der Waals surface area (Å²) in [5.74, 6) is -0.698. The average molecular weight is 528 g/mol. The molecule has 3 atom stereocenters. The van der Waals surface area contributed by atoms with Crippen LogP contribution >= 0.6 is 0 Å². The molecule has 0 aliphatic heterocycles. The highest BCUT2D eigenvalue weighted by Gasteiger charge is 2.41. The molecule has 0 radical (unpaired) electrons. The first-order chi connectivity index (χ1) is 17.6. The van der Waals surface area contributed by atoms with Gasteiger partial charge in [0.15, 0.2) is 0 Å². The summed E-state index contributed by atoms with van der Waals surface area (Å²) in [7, 11) is 3.53. The van der Waals surface area contributed by atoms with Gasteiger partial charge in [0.25, 0.3) is 0 Å². The Balaban J connectivity index is 3.25. The second kappa shape index (κ2) is 14.3. The molecule has 0 heterocycles. The van der Waals surface area contributed by atoms with Crippen molar-refractivity contribution in [1.82, 2.24) is 15.5 Å². The minimum Gasteiger partial charge on any atom is -0.463 e. The smallest absolute Gasteiger partial charge is 0.330 e. The zero-order valence-corrected chi connectivity index (χ0v) is 25.2. The van der Waals surface area contributed by atoms with E-state index in [2.05, 4.69) is 10.6 Å². The average Bonchev–Trinajstić information content (AvgIpc) is 2.83. The van der Waals surface area contributed by atoms with Crippen LogP contribution in [0.15, 0.2) is 54.1 Å². The Hall–Kier alpha value is -2.93. The highest BCUT2D eigenvalue weighted by Crippen LogP contribution is 2.29. The molecule has 7 nitrogen and oxygen atoms in total. The quantitative estimate of drug-likeness (QED) is 0.235. The summed E-state index contributed by atoms with van der Waals surface area (Å²) in [5, 5.41) is 6.25. The molecule has 0 saturated carbocycles. The molecule has 0 aromatic heterocycles. The van der Waals surface area contributed by atoms with Crippen LogP contribution in [0.25, 0.3) is 0 Å². The molecule has 1 rings (SSSR count). The summed E-state index contributed by atoms with van der Waals surface area (Å²) in [4.78, 5) is 41.0. The number of carbonyl (C=O) groups excluding carboxylic acids is 3. The van der Waals surface area contributed by atoms with Crippen LogP contribution in [0.4, 0.5) is 0 Å². The standard InChI is InChI=1S/C31H49N3O4/c1-12-38-25(35)19-18-22(4)20-24(21(2)3)34(11)29(37)27(30(5,6)7)33-28(36)26(32-10)31(8,9)23-16-14-13-15-17-23/h13-21,24,26-27,32H,12H2,1-11H3,(H,33,36)/b19-18-,22-20+/t24-,26-,27-/m1/s1. The number of ether oxygens (including phenoxy) is 1. The van der Waals surface area contributed by atoms with Crippen LogP contribution in [-0.4, -0.2) is 61.5 Å². The van der Waals surface area contributed by atoms with E-state index in [0.29, 0.717) is 6.61 Å². The Kier molecular flexibility index (Phi) is 12.4. The minimum absolute atomic E-state index is 0.105. The Bertz CT molecular complexity index is 990. The number of rotatable bonds is 12. The van der Waals surface area contributed by atoms with Crippen LogP contribution in [0.1, 0.15) is 67.9 Å². The number of likely N-dealkylation sites (N-methyl/N-ethyl adjacent to an activating group) is 2. The van der Waals surface area contributed by atoms with Crippen molar-refractivity contribution in [1.29, 1.82) is 0 Å². The van der Waals surface area contributed by atoms with Crippen molar-refractivity contribution in [2.24, 2.45) is 11.3 Å². The lowest BCUT2D eigenvalue weighted by Gasteiger charge is -2.40. The number of hydrogen-bond donors (Lipinski definition) is 2. The summed E-state index contributed by atoms with van der Waals surface area (Å²) >= 11 is 0. The van der Waals surface area contributed by atoms with E-state index in [1.807, 2.05) is 91.8 Å². The van der Waals surface area contributed by atoms with E-state index in [0.717, 1.165) is 11.1 Å². The van der Waals surface area contributed by atoms with Crippen LogP contribution < -0.4 is 10.6 Å². The monoisotopic (exact) mass is 527 g/mol. The summed E-state index contributed by atoms with van der Waals surface area (Å²) < 4.78 is 4.95. The molecular weight excluding hydrogens is 478 g/mol. The molecule has 0 unspecified atom stereocenters. The summed E-state index contributed by atoms with van der Waals surface area (Å²) in [6, 6.07) is 8.36. The third-order valence-corrected chi connectivity index (χ3v) is 6.87. The van der Waals surface area contributed by atoms with E-state index in [9.17, 15) is 14.4 Å². The second-order valence-corrected chi connectivity index (χ2v) is 11.8. The van der Waals surface area contributed by atoms with Gasteiger partial charge in [-0.1, -0.05) is 96.5 Å². The number of carbonyl (C=O) groups is 3. The largest absolute Gasteiger partial charge is 0.463 e. The van der Waals surface area contributed by atoms with E-state index < -0.39 is 28.9 Å². The molecule has 7 heteroatoms. The number of allylic oxidation sites excluding steroid dienone is 2. The van der Waals surface area contributed by atoms with E-state index in [1.54, 1.807) is 32.0 Å². The summed E-state index contributed by atoms with van der Waals surface area (Å²) in [5.41, 5.74) is 0.831. The third kappa shape index (κ3) is 9.12. The first kappa shape index (κ1) is 33.1. The first-order valence-electron chi connectivity index (χ1n) is 13.4. The Morgan fingerprint density at radius 2 is 1.58 bits per heavy atom. The van der Waals surface area contributed by atoms with E-state index >= 15 is 0 Å². The molecule has 2 amide bonds. The lowest BCUT2D eigenvalue weighted by atomic mass is 9.76. The maximum absolute atomic E-state index is 13.9. The van der Waals surface area contributed by atoms with Gasteiger partial charge in [-0.2, -0.15) is 0 Å². The van der Waals surface area contributed by atoms with Gasteiger partial charge in [-0.15, -0.1) is 0 Å². The number of benzene rings is 1. The van der Waals surface area contributed by atoms with Gasteiger partial charge in [-0.3, -0.25) is 9.59 Å². The van der Waals surface area contributed by atoms with E-state index in [4.69, 9.17) is 4.74 Å². The van der Waals surface area contributed by atoms with Gasteiger partial charge in [0.2, 0.25) is 11.8 Å². The molecule has 38 heavy (non-hydrogen) atoms. The molecule has 0 spiro atoms. The van der Waals surface area contributed by atoms with Crippen LogP contribution in [0.5, 0.6) is 0 Å². The molecule has 0 bridgehead atoms. The highest BCUT2D eigenvalue weighted by atomic mass is 16.5. The predicted molar refractivity (Wildman–Crippen MR) is 155 cm³/mol. The molecule has 0 aliphatic rings. The van der Waals surface area contributed by atoms with Gasteiger partial charge in [0.05, 0.1) is 18.7 Å². The van der Waals surface area contributed by atoms with Crippen molar-refractivity contribution in [3.63, 3.8) is 0 Å². The summed E-state index contributed by atoms with van der Waals surface area (Å²) in [6.45, 7) is 17.9. The fraction of sp³-hybridized carbons (Fsp3) is 0.581. The first-order valence-corrected chi connectivity index (χ1v) is 13.4. The number of esters is 1. The molecule has 0 saturated heterocycles. The van der Waals surface area contributed by atoms with Crippen LogP contribution in [0.3, 0.4) is 0 Å². The SMILES string of the molecule is CCOC(=O)/C=C\C(C)=C\[C@H](C(C)C)N(C)C(=O)[C@@H](NC(=O)[C@@H](NC)C(C)(C)c1ccccc1)C(C)(C)C. The van der Waals surface area contributed by atoms with Crippen molar-refractivity contribution in [3.05, 3.63) is 59.7 Å². The minimum atomic E-state index is -0.743. The maximum Gasteiger partial charge on any atom is 0.330 e. The number of nitrogens with one attached hydrogen (secondary N) is 2. The van der Waals surface area contributed by atoms with Gasteiger partial charge < -0.3 is 20.3 Å². The fourth-order valence-electron chi connectivity index (χ4n) is 4.55. The van der Waals surface area contributed by atoms with Gasteiger partial charge >= 0.3 is 5.97 Å². The van der Waals surface area contributed by atoms with Crippen molar-refractivity contribution in [2.75, 3.05) is 20.7 Å². The highest BCUT2D eigenvalue weighted by molar-refractivity contribution is 5.91. The predicted octanol–water partition coefficient (Wildman–Crippen LogP) is 4.63. The lowest BCUT2D eigenvalue weighted by Crippen LogP contribution is -2.61. The third-order valence-electron chi connectivity index (χ3n) is 6.87. The van der Waals surface area contributed by atoms with Gasteiger partial charge in [-0.25, -0.2) is 4.79 Å². The second-order valence-electron chi connectivity index (χ2n) is 11.8. The molecule has 1 aromatic rings. The topological polar surface area (TPSA) is 87.7 Å². The fourth-order valence-corrected chi connectivity index (χ4v) is 4.55. The van der Waals surface area contributed by atoms with Gasteiger partial charge in [0, 0.05) is 18.5 Å². The van der Waals surface area contributed by atoms with Gasteiger partial charge in [-0.05, 0) is 37.8 Å². The lowest BCUT2D eigenvalue weighted by molar-refractivity contribution is -0.140. The van der Waals surface area contributed by atoms with Crippen LogP contribution in [0, 0.1) is 11.3 Å². The Labute approximate surface area is 230 Å². The van der Waals surface area contributed by atoms with Crippen molar-refractivity contribution < 1.29 is 19.1 Å². The van der Waals surface area contributed by atoms with Crippen molar-refractivity contribution in [3.8, 4) is 0 Å². The molecule has 0 fully saturated rings. The van der Waals surface area contributed by atoms with Gasteiger partial charge in [0.1, 0.15) is 6.04 Å². The van der Waals surface area contributed by atoms with Crippen LogP contribution in [0.2, 0.25) is 0 Å². The normalized spacial score (nSPS) is 15.2. The van der Waals surface area contributed by atoms with E-state index in [1.165, 1.54) is 6.08 Å². The number of hydrogen-bond acceptors (Lipinski definition) is 5. The van der Waals surface area contributed by atoms with E-state index in [-0.39, 0.29) is 23.8 Å². The number of nitrogens with zero attached hydrogens (tertiary/aromatic N) is 1. The maximum atomic E-state index is 13.9. The molecule has 2 N–H and O–H groups in total. The molecular formula is C31H49N3O4. The Morgan fingerprint density at radius 3 is 2.05 bits per heavy atom. The van der Waals surface area contributed by atoms with Crippen LogP contribution in [-0.2, 0) is 24.5 Å². The molecule has 212 valence electrons. The zero-order valence-electron chi connectivity index (χ0n) is 25.2. The van der Waals surface area contributed by atoms with Crippen molar-refractivity contribution >= 4 is 17.8 Å².